The smallest absolute Gasteiger partial charge is 0.305 e. The number of hydrogen-bond donors (Lipinski definition) is 2. The number of halogens is 3. The largest absolute Gasteiger partial charge is 0.481 e. The third-order valence-electron chi connectivity index (χ3n) is 3.06. The molecule has 0 spiro atoms. The molecule has 2 aromatic carbocycles. The summed E-state index contributed by atoms with van der Waals surface area (Å²) in [5, 5.41) is 8.90. The second-order valence-corrected chi connectivity index (χ2v) is 4.89. The summed E-state index contributed by atoms with van der Waals surface area (Å²) in [6.07, 6.45) is -0.562. The van der Waals surface area contributed by atoms with Crippen LogP contribution in [-0.4, -0.2) is 17.1 Å². The van der Waals surface area contributed by atoms with Crippen LogP contribution in [0.4, 0.5) is 13.2 Å². The lowest BCUT2D eigenvalue weighted by Gasteiger charge is -2.17. The van der Waals surface area contributed by atoms with E-state index in [4.69, 9.17) is 9.94 Å². The van der Waals surface area contributed by atoms with Crippen molar-refractivity contribution in [3.63, 3.8) is 0 Å². The molecule has 0 fully saturated rings. The molecule has 0 heterocycles. The molecular formula is C16H14F3NO3. The predicted octanol–water partition coefficient (Wildman–Crippen LogP) is 3.07. The Morgan fingerprint density at radius 2 is 1.74 bits per heavy atom. The van der Waals surface area contributed by atoms with Crippen molar-refractivity contribution in [1.82, 2.24) is 5.48 Å². The molecular weight excluding hydrogens is 311 g/mol. The molecule has 0 bridgehead atoms. The Labute approximate surface area is 130 Å². The van der Waals surface area contributed by atoms with E-state index in [-0.39, 0.29) is 18.4 Å². The molecule has 122 valence electrons. The zero-order valence-electron chi connectivity index (χ0n) is 11.9. The molecule has 7 heteroatoms. The van der Waals surface area contributed by atoms with Gasteiger partial charge in [-0.15, -0.1) is 0 Å². The maximum Gasteiger partial charge on any atom is 0.305 e. The molecule has 2 rings (SSSR count). The standard InChI is InChI=1S/C16H14F3NO3/c17-13-9-15(19)14(18)7-10(13)6-11(8-16(21)22)20-23-12-4-2-1-3-5-12/h1-5,7,9,11,20H,6,8H2,(H,21,22). The number of carboxylic acid groups (broad SMARTS) is 1. The fraction of sp³-hybridized carbons (Fsp3) is 0.188. The Morgan fingerprint density at radius 3 is 2.39 bits per heavy atom. The fourth-order valence-corrected chi connectivity index (χ4v) is 1.99. The van der Waals surface area contributed by atoms with E-state index in [0.717, 1.165) is 0 Å². The first kappa shape index (κ1) is 16.8. The molecule has 0 saturated carbocycles. The number of aliphatic carboxylic acids is 1. The van der Waals surface area contributed by atoms with Crippen molar-refractivity contribution in [3.8, 4) is 5.75 Å². The predicted molar refractivity (Wildman–Crippen MR) is 76.3 cm³/mol. The molecule has 0 aliphatic rings. The van der Waals surface area contributed by atoms with E-state index in [1.165, 1.54) is 0 Å². The first-order chi connectivity index (χ1) is 11.0. The van der Waals surface area contributed by atoms with Crippen molar-refractivity contribution in [3.05, 3.63) is 65.5 Å². The van der Waals surface area contributed by atoms with Crippen LogP contribution in [0, 0.1) is 17.5 Å². The molecule has 1 atom stereocenters. The molecule has 0 amide bonds. The van der Waals surface area contributed by atoms with Crippen LogP contribution in [0.25, 0.3) is 0 Å². The lowest BCUT2D eigenvalue weighted by molar-refractivity contribution is -0.138. The summed E-state index contributed by atoms with van der Waals surface area (Å²) in [5.74, 6) is -4.13. The van der Waals surface area contributed by atoms with E-state index in [2.05, 4.69) is 5.48 Å². The highest BCUT2D eigenvalue weighted by atomic mass is 19.2. The highest BCUT2D eigenvalue weighted by Gasteiger charge is 2.18. The summed E-state index contributed by atoms with van der Waals surface area (Å²) >= 11 is 0. The number of rotatable bonds is 7. The average molecular weight is 325 g/mol. The van der Waals surface area contributed by atoms with E-state index in [9.17, 15) is 18.0 Å². The normalized spacial score (nSPS) is 12.0. The molecule has 1 unspecified atom stereocenters. The van der Waals surface area contributed by atoms with Crippen LogP contribution in [0.1, 0.15) is 12.0 Å². The van der Waals surface area contributed by atoms with Crippen molar-refractivity contribution in [2.24, 2.45) is 0 Å². The van der Waals surface area contributed by atoms with Crippen molar-refractivity contribution < 1.29 is 27.9 Å². The quantitative estimate of drug-likeness (QED) is 0.607. The highest BCUT2D eigenvalue weighted by Crippen LogP contribution is 2.17. The van der Waals surface area contributed by atoms with E-state index < -0.39 is 29.5 Å². The van der Waals surface area contributed by atoms with Gasteiger partial charge in [0.05, 0.1) is 12.5 Å². The van der Waals surface area contributed by atoms with Gasteiger partial charge in [0.15, 0.2) is 11.6 Å². The topological polar surface area (TPSA) is 58.6 Å². The van der Waals surface area contributed by atoms with Crippen molar-refractivity contribution in [2.45, 2.75) is 18.9 Å². The fourth-order valence-electron chi connectivity index (χ4n) is 1.99. The molecule has 2 N–H and O–H groups in total. The third kappa shape index (κ3) is 5.00. The minimum absolute atomic E-state index is 0.140. The molecule has 0 saturated heterocycles. The van der Waals surface area contributed by atoms with Crippen LogP contribution in [0.15, 0.2) is 42.5 Å². The van der Waals surface area contributed by atoms with Gasteiger partial charge in [-0.05, 0) is 30.2 Å². The molecule has 0 aromatic heterocycles. The molecule has 0 aliphatic heterocycles. The summed E-state index contributed by atoms with van der Waals surface area (Å²) in [6, 6.07) is 8.82. The van der Waals surface area contributed by atoms with E-state index >= 15 is 0 Å². The van der Waals surface area contributed by atoms with Gasteiger partial charge in [-0.25, -0.2) is 13.2 Å². The number of hydroxylamine groups is 1. The van der Waals surface area contributed by atoms with E-state index in [0.29, 0.717) is 17.9 Å². The summed E-state index contributed by atoms with van der Waals surface area (Å²) in [5.41, 5.74) is 2.37. The molecule has 0 radical (unpaired) electrons. The highest BCUT2D eigenvalue weighted by molar-refractivity contribution is 5.67. The lowest BCUT2D eigenvalue weighted by atomic mass is 10.0. The maximum absolute atomic E-state index is 13.7. The van der Waals surface area contributed by atoms with Crippen LogP contribution >= 0.6 is 0 Å². The summed E-state index contributed by atoms with van der Waals surface area (Å²) < 4.78 is 39.8. The molecule has 23 heavy (non-hydrogen) atoms. The average Bonchev–Trinajstić information content (AvgIpc) is 2.50. The SMILES string of the molecule is O=C(O)CC(Cc1cc(F)c(F)cc1F)NOc1ccccc1. The Balaban J connectivity index is 2.09. The Bertz CT molecular complexity index is 680. The van der Waals surface area contributed by atoms with Crippen LogP contribution in [0.3, 0.4) is 0 Å². The second-order valence-electron chi connectivity index (χ2n) is 4.89. The molecule has 0 aliphatic carbocycles. The van der Waals surface area contributed by atoms with Gasteiger partial charge in [-0.1, -0.05) is 18.2 Å². The van der Waals surface area contributed by atoms with Crippen molar-refractivity contribution in [2.75, 3.05) is 0 Å². The van der Waals surface area contributed by atoms with Crippen molar-refractivity contribution in [1.29, 1.82) is 0 Å². The summed E-state index contributed by atoms with van der Waals surface area (Å²) in [7, 11) is 0. The maximum atomic E-state index is 13.7. The van der Waals surface area contributed by atoms with Gasteiger partial charge in [0.2, 0.25) is 0 Å². The number of para-hydroxylation sites is 1. The Kier molecular flexibility index (Phi) is 5.59. The van der Waals surface area contributed by atoms with Gasteiger partial charge in [0, 0.05) is 6.07 Å². The third-order valence-corrected chi connectivity index (χ3v) is 3.06. The van der Waals surface area contributed by atoms with Crippen LogP contribution in [-0.2, 0) is 11.2 Å². The van der Waals surface area contributed by atoms with Crippen LogP contribution < -0.4 is 10.3 Å². The molecule has 2 aromatic rings. The summed E-state index contributed by atoms with van der Waals surface area (Å²) in [6.45, 7) is 0. The summed E-state index contributed by atoms with van der Waals surface area (Å²) in [4.78, 5) is 16.1. The number of hydrogen-bond acceptors (Lipinski definition) is 3. The zero-order valence-corrected chi connectivity index (χ0v) is 11.9. The monoisotopic (exact) mass is 325 g/mol. The van der Waals surface area contributed by atoms with Gasteiger partial charge in [-0.3, -0.25) is 4.79 Å². The number of nitrogens with one attached hydrogen (secondary N) is 1. The number of benzene rings is 2. The number of carboxylic acids is 1. The molecule has 4 nitrogen and oxygen atoms in total. The Morgan fingerprint density at radius 1 is 1.09 bits per heavy atom. The van der Waals surface area contributed by atoms with Gasteiger partial charge in [0.25, 0.3) is 0 Å². The van der Waals surface area contributed by atoms with Crippen LogP contribution in [0.2, 0.25) is 0 Å². The first-order valence-electron chi connectivity index (χ1n) is 6.78. The second kappa shape index (κ2) is 7.64. The van der Waals surface area contributed by atoms with Gasteiger partial charge >= 0.3 is 5.97 Å². The lowest BCUT2D eigenvalue weighted by Crippen LogP contribution is -2.36. The zero-order chi connectivity index (χ0) is 16.8. The van der Waals surface area contributed by atoms with E-state index in [1.54, 1.807) is 30.3 Å². The van der Waals surface area contributed by atoms with Crippen molar-refractivity contribution >= 4 is 5.97 Å². The minimum atomic E-state index is -1.30. The first-order valence-corrected chi connectivity index (χ1v) is 6.78. The van der Waals surface area contributed by atoms with Gasteiger partial charge in [0.1, 0.15) is 11.6 Å². The van der Waals surface area contributed by atoms with Crippen LogP contribution in [0.5, 0.6) is 5.75 Å². The van der Waals surface area contributed by atoms with Gasteiger partial charge < -0.3 is 9.94 Å². The van der Waals surface area contributed by atoms with E-state index in [1.807, 2.05) is 0 Å². The van der Waals surface area contributed by atoms with Gasteiger partial charge in [-0.2, -0.15) is 5.48 Å². The minimum Gasteiger partial charge on any atom is -0.481 e. The number of carbonyl (C=O) groups is 1. The Hall–Kier alpha value is -2.54.